The zero-order valence-corrected chi connectivity index (χ0v) is 18.8. The number of hydroxylamine groups is 2. The molecule has 2 unspecified atom stereocenters. The summed E-state index contributed by atoms with van der Waals surface area (Å²) in [5.41, 5.74) is 5.18. The van der Waals surface area contributed by atoms with Gasteiger partial charge in [-0.25, -0.2) is 9.78 Å². The normalized spacial score (nSPS) is 25.0. The van der Waals surface area contributed by atoms with E-state index in [0.29, 0.717) is 40.6 Å². The van der Waals surface area contributed by atoms with Crippen LogP contribution in [0.25, 0.3) is 0 Å². The maximum atomic E-state index is 13.5. The summed E-state index contributed by atoms with van der Waals surface area (Å²) >= 11 is 0. The van der Waals surface area contributed by atoms with E-state index in [1.54, 1.807) is 18.3 Å². The van der Waals surface area contributed by atoms with E-state index in [4.69, 9.17) is 4.74 Å². The standard InChI is InChI=1S/C25H26N4O3/c1-14-12-27-23(32-13-25(3)8-5-9-25)21-20-17-7-6-16(11-26)10-18(17)29(4,31)24(30)19(20)15(2)28-22(14)21/h6-7,10,12,20,28H,5,8-9,13H2,1-4H3. The molecular formula is C25H26N4O3. The molecular weight excluding hydrogens is 404 g/mol. The number of pyridine rings is 1. The van der Waals surface area contributed by atoms with Gasteiger partial charge in [0.2, 0.25) is 5.88 Å². The molecule has 1 amide bonds. The molecule has 2 aliphatic heterocycles. The average molecular weight is 431 g/mol. The Kier molecular flexibility index (Phi) is 4.45. The van der Waals surface area contributed by atoms with Gasteiger partial charge in [-0.2, -0.15) is 5.26 Å². The number of carbonyl (C=O) groups is 1. The van der Waals surface area contributed by atoms with Crippen LogP contribution < -0.4 is 14.7 Å². The van der Waals surface area contributed by atoms with Gasteiger partial charge in [-0.3, -0.25) is 4.65 Å². The van der Waals surface area contributed by atoms with Crippen molar-refractivity contribution in [2.75, 3.05) is 19.0 Å². The lowest BCUT2D eigenvalue weighted by Crippen LogP contribution is -2.51. The predicted octanol–water partition coefficient (Wildman–Crippen LogP) is 4.64. The Morgan fingerprint density at radius 1 is 1.38 bits per heavy atom. The fraction of sp³-hybridized carbons (Fsp3) is 0.400. The van der Waals surface area contributed by atoms with Crippen LogP contribution in [-0.4, -0.2) is 24.5 Å². The number of benzene rings is 1. The summed E-state index contributed by atoms with van der Waals surface area (Å²) in [6.45, 7) is 6.57. The molecule has 2 aromatic rings. The molecule has 1 fully saturated rings. The summed E-state index contributed by atoms with van der Waals surface area (Å²) in [5, 5.41) is 26.2. The number of hydrogen-bond acceptors (Lipinski definition) is 6. The number of carbonyl (C=O) groups excluding carboxylic acids is 1. The molecule has 1 N–H and O–H groups in total. The summed E-state index contributed by atoms with van der Waals surface area (Å²) in [6, 6.07) is 7.10. The molecule has 0 radical (unpaired) electrons. The van der Waals surface area contributed by atoms with E-state index in [1.807, 2.05) is 13.8 Å². The molecule has 0 spiro atoms. The van der Waals surface area contributed by atoms with Gasteiger partial charge in [0.1, 0.15) is 5.69 Å². The van der Waals surface area contributed by atoms with Gasteiger partial charge in [0.25, 0.3) is 0 Å². The van der Waals surface area contributed by atoms with E-state index < -0.39 is 16.5 Å². The van der Waals surface area contributed by atoms with Gasteiger partial charge < -0.3 is 15.3 Å². The summed E-state index contributed by atoms with van der Waals surface area (Å²) in [4.78, 5) is 18.1. The number of nitrogens with zero attached hydrogens (tertiary/aromatic N) is 3. The molecule has 3 heterocycles. The van der Waals surface area contributed by atoms with Gasteiger partial charge in [-0.05, 0) is 38.3 Å². The molecule has 0 saturated heterocycles. The molecule has 5 rings (SSSR count). The Bertz CT molecular complexity index is 1230. The number of hydrogen-bond donors (Lipinski definition) is 1. The number of likely N-dealkylation sites (N-methyl/N-ethyl adjacent to an activating group) is 1. The highest BCUT2D eigenvalue weighted by molar-refractivity contribution is 6.09. The average Bonchev–Trinajstić information content (AvgIpc) is 2.75. The molecule has 1 aromatic carbocycles. The van der Waals surface area contributed by atoms with Crippen LogP contribution in [0.5, 0.6) is 5.88 Å². The second-order valence-corrected chi connectivity index (χ2v) is 9.70. The van der Waals surface area contributed by atoms with Crippen molar-refractivity contribution in [1.82, 2.24) is 9.63 Å². The van der Waals surface area contributed by atoms with Gasteiger partial charge >= 0.3 is 5.91 Å². The third-order valence-electron chi connectivity index (χ3n) is 7.23. The summed E-state index contributed by atoms with van der Waals surface area (Å²) in [6.07, 6.45) is 5.23. The van der Waals surface area contributed by atoms with Crippen molar-refractivity contribution in [2.24, 2.45) is 5.41 Å². The van der Waals surface area contributed by atoms with E-state index in [-0.39, 0.29) is 5.41 Å². The highest BCUT2D eigenvalue weighted by atomic mass is 16.6. The fourth-order valence-corrected chi connectivity index (χ4v) is 5.10. The zero-order chi connectivity index (χ0) is 22.8. The number of fused-ring (bicyclic) bond motifs is 5. The van der Waals surface area contributed by atoms with Crippen LogP contribution >= 0.6 is 0 Å². The molecule has 1 aromatic heterocycles. The van der Waals surface area contributed by atoms with E-state index in [9.17, 15) is 15.3 Å². The quantitative estimate of drug-likeness (QED) is 0.563. The van der Waals surface area contributed by atoms with Crippen LogP contribution in [0.3, 0.4) is 0 Å². The van der Waals surface area contributed by atoms with Crippen LogP contribution in [0.2, 0.25) is 0 Å². The molecule has 164 valence electrons. The van der Waals surface area contributed by atoms with Crippen LogP contribution in [0.15, 0.2) is 35.7 Å². The molecule has 32 heavy (non-hydrogen) atoms. The first-order valence-electron chi connectivity index (χ1n) is 10.9. The number of anilines is 1. The lowest BCUT2D eigenvalue weighted by Gasteiger charge is -2.45. The SMILES string of the molecule is CC1=C2C(=O)[N+](C)([O-])c3cc(C#N)ccc3C2c2c(OCC3(C)CCC3)ncc(C)c2N1. The number of aryl methyl sites for hydroxylation is 1. The van der Waals surface area contributed by atoms with E-state index in [0.717, 1.165) is 29.7 Å². The Balaban J connectivity index is 1.72. The van der Waals surface area contributed by atoms with E-state index in [2.05, 4.69) is 23.3 Å². The van der Waals surface area contributed by atoms with Crippen LogP contribution in [0.1, 0.15) is 61.3 Å². The molecule has 7 heteroatoms. The summed E-state index contributed by atoms with van der Waals surface area (Å²) in [5.74, 6) is -0.517. The van der Waals surface area contributed by atoms with Gasteiger partial charge in [-0.15, -0.1) is 0 Å². The van der Waals surface area contributed by atoms with E-state index in [1.165, 1.54) is 19.5 Å². The largest absolute Gasteiger partial charge is 0.620 e. The van der Waals surface area contributed by atoms with Crippen LogP contribution in [0, 0.1) is 28.9 Å². The smallest absolute Gasteiger partial charge is 0.349 e. The van der Waals surface area contributed by atoms with Crippen molar-refractivity contribution < 1.29 is 9.53 Å². The first-order valence-corrected chi connectivity index (χ1v) is 10.9. The Morgan fingerprint density at radius 3 is 2.78 bits per heavy atom. The maximum Gasteiger partial charge on any atom is 0.349 e. The van der Waals surface area contributed by atoms with Crippen molar-refractivity contribution in [1.29, 1.82) is 5.26 Å². The third-order valence-corrected chi connectivity index (χ3v) is 7.23. The van der Waals surface area contributed by atoms with Crippen molar-refractivity contribution in [3.8, 4) is 11.9 Å². The molecule has 3 aliphatic rings. The molecule has 2 atom stereocenters. The summed E-state index contributed by atoms with van der Waals surface area (Å²) in [7, 11) is 1.33. The van der Waals surface area contributed by atoms with Crippen molar-refractivity contribution in [3.63, 3.8) is 0 Å². The first-order chi connectivity index (χ1) is 15.2. The molecule has 0 bridgehead atoms. The number of ether oxygens (including phenoxy) is 1. The molecule has 1 saturated carbocycles. The van der Waals surface area contributed by atoms with Crippen molar-refractivity contribution >= 4 is 17.3 Å². The number of nitriles is 1. The second-order valence-electron chi connectivity index (χ2n) is 9.70. The Labute approximate surface area is 187 Å². The Hall–Kier alpha value is -3.21. The van der Waals surface area contributed by atoms with Gasteiger partial charge in [0.05, 0.1) is 48.0 Å². The first kappa shape index (κ1) is 20.7. The van der Waals surface area contributed by atoms with Crippen molar-refractivity contribution in [3.05, 3.63) is 63.1 Å². The topological polar surface area (TPSA) is 98.1 Å². The number of rotatable bonds is 3. The van der Waals surface area contributed by atoms with E-state index >= 15 is 0 Å². The lowest BCUT2D eigenvalue weighted by atomic mass is 9.71. The summed E-state index contributed by atoms with van der Waals surface area (Å²) < 4.78 is 5.10. The number of aromatic nitrogens is 1. The third kappa shape index (κ3) is 2.87. The maximum absolute atomic E-state index is 13.5. The van der Waals surface area contributed by atoms with Gasteiger partial charge in [0, 0.05) is 28.9 Å². The highest BCUT2D eigenvalue weighted by Crippen LogP contribution is 2.53. The minimum absolute atomic E-state index is 0.141. The Morgan fingerprint density at radius 2 is 2.12 bits per heavy atom. The fourth-order valence-electron chi connectivity index (χ4n) is 5.10. The zero-order valence-electron chi connectivity index (χ0n) is 18.8. The minimum atomic E-state index is -1.18. The minimum Gasteiger partial charge on any atom is -0.620 e. The lowest BCUT2D eigenvalue weighted by molar-refractivity contribution is -0.123. The van der Waals surface area contributed by atoms with Crippen LogP contribution in [0.4, 0.5) is 11.4 Å². The number of quaternary nitrogens is 1. The predicted molar refractivity (Wildman–Crippen MR) is 122 cm³/mol. The monoisotopic (exact) mass is 430 g/mol. The second kappa shape index (κ2) is 6.89. The molecule has 1 aliphatic carbocycles. The van der Waals surface area contributed by atoms with Crippen molar-refractivity contribution in [2.45, 2.75) is 46.0 Å². The van der Waals surface area contributed by atoms with Crippen LogP contribution in [-0.2, 0) is 4.79 Å². The van der Waals surface area contributed by atoms with Gasteiger partial charge in [0.15, 0.2) is 0 Å². The number of nitrogens with one attached hydrogen (secondary N) is 1. The number of allylic oxidation sites excluding steroid dienone is 1. The highest BCUT2D eigenvalue weighted by Gasteiger charge is 2.48. The van der Waals surface area contributed by atoms with Gasteiger partial charge in [-0.1, -0.05) is 19.4 Å². The molecule has 7 nitrogen and oxygen atoms in total. The number of amides is 1.